The summed E-state index contributed by atoms with van der Waals surface area (Å²) in [7, 11) is 1.76. The first-order valence-electron chi connectivity index (χ1n) is 8.18. The number of likely N-dealkylation sites (N-methyl/N-ethyl adjacent to an activating group) is 1. The van der Waals surface area contributed by atoms with Gasteiger partial charge in [-0.25, -0.2) is 9.67 Å². The molecular weight excluding hydrogens is 328 g/mol. The molecule has 1 saturated heterocycles. The van der Waals surface area contributed by atoms with E-state index in [0.717, 1.165) is 25.1 Å². The van der Waals surface area contributed by atoms with Gasteiger partial charge in [0.2, 0.25) is 5.82 Å². The fourth-order valence-electron chi connectivity index (χ4n) is 2.83. The maximum atomic E-state index is 12.6. The van der Waals surface area contributed by atoms with Gasteiger partial charge in [0.15, 0.2) is 0 Å². The smallest absolute Gasteiger partial charge is 0.293 e. The van der Waals surface area contributed by atoms with Crippen LogP contribution < -0.4 is 0 Å². The van der Waals surface area contributed by atoms with Gasteiger partial charge in [0.1, 0.15) is 5.82 Å². The van der Waals surface area contributed by atoms with Crippen LogP contribution in [0.15, 0.2) is 24.3 Å². The Morgan fingerprint density at radius 3 is 2.92 bits per heavy atom. The molecule has 0 spiro atoms. The summed E-state index contributed by atoms with van der Waals surface area (Å²) in [6.07, 6.45) is 2.79. The zero-order chi connectivity index (χ0) is 17.1. The van der Waals surface area contributed by atoms with Crippen LogP contribution in [-0.4, -0.2) is 51.9 Å². The van der Waals surface area contributed by atoms with Crippen molar-refractivity contribution in [1.82, 2.24) is 19.7 Å². The van der Waals surface area contributed by atoms with Crippen molar-refractivity contribution >= 4 is 17.5 Å². The Hall–Kier alpha value is -1.92. The van der Waals surface area contributed by atoms with Gasteiger partial charge < -0.3 is 9.64 Å². The van der Waals surface area contributed by atoms with E-state index in [2.05, 4.69) is 10.1 Å². The number of halogens is 1. The molecule has 2 heterocycles. The maximum absolute atomic E-state index is 12.6. The summed E-state index contributed by atoms with van der Waals surface area (Å²) in [4.78, 5) is 18.7. The average molecular weight is 349 g/mol. The minimum atomic E-state index is -0.203. The Balaban J connectivity index is 1.83. The summed E-state index contributed by atoms with van der Waals surface area (Å²) in [6.45, 7) is 3.30. The number of aryl methyl sites for hydroxylation is 1. The Bertz CT molecular complexity index is 725. The zero-order valence-electron chi connectivity index (χ0n) is 13.9. The molecule has 1 amide bonds. The number of carbonyl (C=O) groups is 1. The van der Waals surface area contributed by atoms with E-state index in [1.54, 1.807) is 22.7 Å². The molecule has 7 heteroatoms. The van der Waals surface area contributed by atoms with Crippen LogP contribution in [0.2, 0.25) is 5.02 Å². The summed E-state index contributed by atoms with van der Waals surface area (Å²) < 4.78 is 7.24. The highest BCUT2D eigenvalue weighted by Gasteiger charge is 2.24. The van der Waals surface area contributed by atoms with Gasteiger partial charge in [0.25, 0.3) is 5.91 Å². The summed E-state index contributed by atoms with van der Waals surface area (Å²) in [5.41, 5.74) is 0.726. The largest absolute Gasteiger partial charge is 0.376 e. The molecule has 0 saturated carbocycles. The van der Waals surface area contributed by atoms with Crippen LogP contribution in [0.1, 0.15) is 36.2 Å². The van der Waals surface area contributed by atoms with Crippen LogP contribution in [0.3, 0.4) is 0 Å². The van der Waals surface area contributed by atoms with Gasteiger partial charge in [-0.2, -0.15) is 0 Å². The highest BCUT2D eigenvalue weighted by molar-refractivity contribution is 6.32. The van der Waals surface area contributed by atoms with E-state index >= 15 is 0 Å². The van der Waals surface area contributed by atoms with Gasteiger partial charge in [-0.05, 0) is 25.0 Å². The van der Waals surface area contributed by atoms with E-state index < -0.39 is 0 Å². The standard InChI is InChI=1S/C17H21ClN4O2/c1-3-15-19-16(17(23)21(2)11-12-7-6-10-24-12)20-22(15)14-9-5-4-8-13(14)18/h4-5,8-9,12H,3,6-7,10-11H2,1-2H3/t12-/m0/s1. The molecule has 1 aliphatic heterocycles. The van der Waals surface area contributed by atoms with Crippen LogP contribution >= 0.6 is 11.6 Å². The predicted molar refractivity (Wildman–Crippen MR) is 91.7 cm³/mol. The second kappa shape index (κ2) is 7.32. The third-order valence-electron chi connectivity index (χ3n) is 4.11. The SMILES string of the molecule is CCc1nc(C(=O)N(C)C[C@@H]2CCCO2)nn1-c1ccccc1Cl. The van der Waals surface area contributed by atoms with Crippen molar-refractivity contribution < 1.29 is 9.53 Å². The lowest BCUT2D eigenvalue weighted by Crippen LogP contribution is -2.34. The third kappa shape index (κ3) is 3.44. The Labute approximate surface area is 146 Å². The molecule has 1 aromatic carbocycles. The minimum absolute atomic E-state index is 0.107. The molecule has 128 valence electrons. The number of benzene rings is 1. The van der Waals surface area contributed by atoms with E-state index in [-0.39, 0.29) is 17.8 Å². The highest BCUT2D eigenvalue weighted by atomic mass is 35.5. The number of amides is 1. The molecule has 0 radical (unpaired) electrons. The monoisotopic (exact) mass is 348 g/mol. The van der Waals surface area contributed by atoms with E-state index in [9.17, 15) is 4.79 Å². The lowest BCUT2D eigenvalue weighted by atomic mass is 10.2. The van der Waals surface area contributed by atoms with Crippen molar-refractivity contribution in [1.29, 1.82) is 0 Å². The number of carbonyl (C=O) groups excluding carboxylic acids is 1. The van der Waals surface area contributed by atoms with E-state index in [0.29, 0.717) is 23.8 Å². The van der Waals surface area contributed by atoms with Crippen LogP contribution in [0.5, 0.6) is 0 Å². The number of rotatable bonds is 5. The molecule has 2 aromatic rings. The second-order valence-electron chi connectivity index (χ2n) is 5.89. The summed E-state index contributed by atoms with van der Waals surface area (Å²) >= 11 is 6.25. The first-order valence-corrected chi connectivity index (χ1v) is 8.56. The molecule has 1 aromatic heterocycles. The number of aromatic nitrogens is 3. The first kappa shape index (κ1) is 16.9. The van der Waals surface area contributed by atoms with Crippen molar-refractivity contribution in [3.63, 3.8) is 0 Å². The Kier molecular flexibility index (Phi) is 5.16. The number of nitrogens with zero attached hydrogens (tertiary/aromatic N) is 4. The quantitative estimate of drug-likeness (QED) is 0.833. The molecule has 1 fully saturated rings. The van der Waals surface area contributed by atoms with E-state index in [1.165, 1.54) is 0 Å². The van der Waals surface area contributed by atoms with E-state index in [1.807, 2.05) is 25.1 Å². The molecule has 0 bridgehead atoms. The molecule has 6 nitrogen and oxygen atoms in total. The van der Waals surface area contributed by atoms with Gasteiger partial charge in [-0.1, -0.05) is 30.7 Å². The molecule has 0 N–H and O–H groups in total. The van der Waals surface area contributed by atoms with Crippen LogP contribution in [0.4, 0.5) is 0 Å². The highest BCUT2D eigenvalue weighted by Crippen LogP contribution is 2.21. The average Bonchev–Trinajstić information content (AvgIpc) is 3.23. The number of para-hydroxylation sites is 1. The van der Waals surface area contributed by atoms with Gasteiger partial charge in [-0.3, -0.25) is 4.79 Å². The number of hydrogen-bond acceptors (Lipinski definition) is 4. The molecule has 3 rings (SSSR count). The summed E-state index contributed by atoms with van der Waals surface area (Å²) in [6, 6.07) is 7.40. The summed E-state index contributed by atoms with van der Waals surface area (Å²) in [5, 5.41) is 4.97. The fourth-order valence-corrected chi connectivity index (χ4v) is 3.04. The van der Waals surface area contributed by atoms with Crippen molar-refractivity contribution in [2.75, 3.05) is 20.2 Å². The molecule has 1 aliphatic rings. The van der Waals surface area contributed by atoms with E-state index in [4.69, 9.17) is 16.3 Å². The summed E-state index contributed by atoms with van der Waals surface area (Å²) in [5.74, 6) is 0.690. The molecule has 1 atom stereocenters. The molecule has 24 heavy (non-hydrogen) atoms. The predicted octanol–water partition coefficient (Wildman–Crippen LogP) is 2.73. The first-order chi connectivity index (χ1) is 11.6. The van der Waals surface area contributed by atoms with Gasteiger partial charge in [0, 0.05) is 26.6 Å². The number of ether oxygens (including phenoxy) is 1. The van der Waals surface area contributed by atoms with Crippen molar-refractivity contribution in [3.8, 4) is 5.69 Å². The Morgan fingerprint density at radius 2 is 2.25 bits per heavy atom. The fraction of sp³-hybridized carbons (Fsp3) is 0.471. The van der Waals surface area contributed by atoms with Crippen molar-refractivity contribution in [2.45, 2.75) is 32.3 Å². The lowest BCUT2D eigenvalue weighted by molar-refractivity contribution is 0.0578. The van der Waals surface area contributed by atoms with Gasteiger partial charge in [-0.15, -0.1) is 5.10 Å². The van der Waals surface area contributed by atoms with Crippen LogP contribution in [0.25, 0.3) is 5.69 Å². The second-order valence-corrected chi connectivity index (χ2v) is 6.30. The normalized spacial score (nSPS) is 17.2. The molecule has 0 unspecified atom stereocenters. The molecule has 0 aliphatic carbocycles. The van der Waals surface area contributed by atoms with Gasteiger partial charge >= 0.3 is 0 Å². The maximum Gasteiger partial charge on any atom is 0.293 e. The van der Waals surface area contributed by atoms with Crippen molar-refractivity contribution in [3.05, 3.63) is 40.9 Å². The number of hydrogen-bond donors (Lipinski definition) is 0. The lowest BCUT2D eigenvalue weighted by Gasteiger charge is -2.19. The third-order valence-corrected chi connectivity index (χ3v) is 4.43. The molecular formula is C17H21ClN4O2. The minimum Gasteiger partial charge on any atom is -0.376 e. The Morgan fingerprint density at radius 1 is 1.46 bits per heavy atom. The zero-order valence-corrected chi connectivity index (χ0v) is 14.7. The topological polar surface area (TPSA) is 60.3 Å². The van der Waals surface area contributed by atoms with Crippen LogP contribution in [-0.2, 0) is 11.2 Å². The van der Waals surface area contributed by atoms with Crippen molar-refractivity contribution in [2.24, 2.45) is 0 Å². The van der Waals surface area contributed by atoms with Crippen LogP contribution in [0, 0.1) is 0 Å². The van der Waals surface area contributed by atoms with Gasteiger partial charge in [0.05, 0.1) is 16.8 Å².